The highest BCUT2D eigenvalue weighted by Crippen LogP contribution is 2.17. The fraction of sp³-hybridized carbons (Fsp3) is 1.00. The van der Waals surface area contributed by atoms with E-state index in [4.69, 9.17) is 0 Å². The van der Waals surface area contributed by atoms with E-state index >= 15 is 0 Å². The molecule has 0 bridgehead atoms. The number of thioether (sulfide) groups is 2. The molecular weight excluding hydrogens is 268 g/mol. The molecule has 0 aromatic rings. The summed E-state index contributed by atoms with van der Waals surface area (Å²) in [5.74, 6) is 2.77. The van der Waals surface area contributed by atoms with Crippen LogP contribution in [0.2, 0.25) is 0 Å². The summed E-state index contributed by atoms with van der Waals surface area (Å²) in [5, 5.41) is 1.32. The molecule has 19 heavy (non-hydrogen) atoms. The summed E-state index contributed by atoms with van der Waals surface area (Å²) in [6.45, 7) is 4.58. The third-order valence-electron chi connectivity index (χ3n) is 3.45. The van der Waals surface area contributed by atoms with Gasteiger partial charge in [0, 0.05) is 5.08 Å². The predicted octanol–water partition coefficient (Wildman–Crippen LogP) is 7.13. The van der Waals surface area contributed by atoms with Crippen molar-refractivity contribution >= 4 is 23.5 Å². The van der Waals surface area contributed by atoms with Crippen LogP contribution < -0.4 is 0 Å². The van der Waals surface area contributed by atoms with Crippen molar-refractivity contribution in [1.29, 1.82) is 0 Å². The molecule has 0 aliphatic rings. The highest BCUT2D eigenvalue weighted by Gasteiger charge is 1.94. The van der Waals surface area contributed by atoms with Crippen LogP contribution in [-0.4, -0.2) is 16.6 Å². The average molecular weight is 305 g/mol. The zero-order chi connectivity index (χ0) is 14.0. The van der Waals surface area contributed by atoms with Gasteiger partial charge in [-0.25, -0.2) is 0 Å². The van der Waals surface area contributed by atoms with Crippen LogP contribution in [0.15, 0.2) is 0 Å². The largest absolute Gasteiger partial charge is 0.151 e. The minimum Gasteiger partial charge on any atom is -0.151 e. The molecule has 0 amide bonds. The van der Waals surface area contributed by atoms with Gasteiger partial charge in [0.2, 0.25) is 0 Å². The molecule has 0 unspecified atom stereocenters. The van der Waals surface area contributed by atoms with Crippen LogP contribution >= 0.6 is 23.5 Å². The van der Waals surface area contributed by atoms with E-state index in [2.05, 4.69) is 37.4 Å². The topological polar surface area (TPSA) is 0 Å². The number of rotatable bonds is 16. The Balaban J connectivity index is 2.88. The lowest BCUT2D eigenvalue weighted by atomic mass is 10.1. The molecule has 0 rings (SSSR count). The van der Waals surface area contributed by atoms with E-state index in [-0.39, 0.29) is 0 Å². The van der Waals surface area contributed by atoms with Gasteiger partial charge in [0.25, 0.3) is 0 Å². The summed E-state index contributed by atoms with van der Waals surface area (Å²) >= 11 is 4.30. The SMILES string of the molecule is CCCCCCCCSCSCCCCCCCC. The molecule has 0 N–H and O–H groups in total. The molecule has 116 valence electrons. The quantitative estimate of drug-likeness (QED) is 0.220. The van der Waals surface area contributed by atoms with E-state index in [9.17, 15) is 0 Å². The second kappa shape index (κ2) is 18.7. The molecule has 2 heteroatoms. The Morgan fingerprint density at radius 3 is 1.26 bits per heavy atom. The molecule has 0 saturated heterocycles. The second-order valence-electron chi connectivity index (χ2n) is 5.47. The summed E-state index contributed by atoms with van der Waals surface area (Å²) < 4.78 is 0. The zero-order valence-corrected chi connectivity index (χ0v) is 15.1. The maximum absolute atomic E-state index is 2.29. The molecule has 0 aromatic carbocycles. The van der Waals surface area contributed by atoms with Crippen LogP contribution in [0.1, 0.15) is 90.9 Å². The van der Waals surface area contributed by atoms with Gasteiger partial charge >= 0.3 is 0 Å². The summed E-state index contributed by atoms with van der Waals surface area (Å²) in [6.07, 6.45) is 17.2. The molecule has 0 fully saturated rings. The molecule has 0 atom stereocenters. The van der Waals surface area contributed by atoms with Crippen LogP contribution in [0.5, 0.6) is 0 Å². The number of unbranched alkanes of at least 4 members (excludes halogenated alkanes) is 10. The number of hydrogen-bond donors (Lipinski definition) is 0. The van der Waals surface area contributed by atoms with Gasteiger partial charge in [-0.05, 0) is 24.3 Å². The monoisotopic (exact) mass is 304 g/mol. The van der Waals surface area contributed by atoms with E-state index < -0.39 is 0 Å². The first kappa shape index (κ1) is 19.7. The van der Waals surface area contributed by atoms with Crippen molar-refractivity contribution in [3.63, 3.8) is 0 Å². The molecule has 0 aromatic heterocycles. The van der Waals surface area contributed by atoms with Crippen LogP contribution in [-0.2, 0) is 0 Å². The van der Waals surface area contributed by atoms with Crippen molar-refractivity contribution in [3.05, 3.63) is 0 Å². The maximum atomic E-state index is 2.29. The Kier molecular flexibility index (Phi) is 19.4. The second-order valence-corrected chi connectivity index (χ2v) is 8.05. The van der Waals surface area contributed by atoms with Crippen molar-refractivity contribution in [2.75, 3.05) is 16.6 Å². The van der Waals surface area contributed by atoms with Gasteiger partial charge in [0.1, 0.15) is 0 Å². The fourth-order valence-electron chi connectivity index (χ4n) is 2.15. The van der Waals surface area contributed by atoms with Gasteiger partial charge in [0.05, 0.1) is 0 Å². The fourth-order valence-corrected chi connectivity index (χ4v) is 4.38. The predicted molar refractivity (Wildman–Crippen MR) is 96.5 cm³/mol. The van der Waals surface area contributed by atoms with Gasteiger partial charge < -0.3 is 0 Å². The van der Waals surface area contributed by atoms with Crippen molar-refractivity contribution in [2.24, 2.45) is 0 Å². The summed E-state index contributed by atoms with van der Waals surface area (Å²) in [7, 11) is 0. The highest BCUT2D eigenvalue weighted by atomic mass is 32.2. The third kappa shape index (κ3) is 18.7. The van der Waals surface area contributed by atoms with Gasteiger partial charge in [-0.15, -0.1) is 0 Å². The Morgan fingerprint density at radius 2 is 0.842 bits per heavy atom. The van der Waals surface area contributed by atoms with Crippen LogP contribution in [0.25, 0.3) is 0 Å². The molecule has 0 aliphatic carbocycles. The molecule has 0 spiro atoms. The summed E-state index contributed by atoms with van der Waals surface area (Å²) in [4.78, 5) is 0. The van der Waals surface area contributed by atoms with E-state index in [1.807, 2.05) is 0 Å². The van der Waals surface area contributed by atoms with Gasteiger partial charge in [0.15, 0.2) is 0 Å². The van der Waals surface area contributed by atoms with Crippen molar-refractivity contribution < 1.29 is 0 Å². The average Bonchev–Trinajstić information content (AvgIpc) is 2.43. The number of hydrogen-bond acceptors (Lipinski definition) is 2. The van der Waals surface area contributed by atoms with Gasteiger partial charge in [-0.3, -0.25) is 0 Å². The van der Waals surface area contributed by atoms with Crippen molar-refractivity contribution in [1.82, 2.24) is 0 Å². The lowest BCUT2D eigenvalue weighted by Crippen LogP contribution is -1.85. The molecule has 0 saturated carbocycles. The summed E-state index contributed by atoms with van der Waals surface area (Å²) in [5.41, 5.74) is 0. The van der Waals surface area contributed by atoms with Crippen molar-refractivity contribution in [2.45, 2.75) is 90.9 Å². The standard InChI is InChI=1S/C17H36S2/c1-3-5-7-9-11-13-15-18-17-19-16-14-12-10-8-6-4-2/h3-17H2,1-2H3. The maximum Gasteiger partial charge on any atom is 0.0392 e. The normalized spacial score (nSPS) is 11.1. The lowest BCUT2D eigenvalue weighted by Gasteiger charge is -2.03. The zero-order valence-electron chi connectivity index (χ0n) is 13.4. The molecular formula is C17H36S2. The Bertz CT molecular complexity index is 132. The Morgan fingerprint density at radius 1 is 0.474 bits per heavy atom. The first-order valence-electron chi connectivity index (χ1n) is 8.57. The van der Waals surface area contributed by atoms with Crippen LogP contribution in [0.4, 0.5) is 0 Å². The molecule has 0 aliphatic heterocycles. The Labute approximate surface area is 131 Å². The first-order chi connectivity index (χ1) is 9.41. The minimum absolute atomic E-state index is 1.32. The first-order valence-corrected chi connectivity index (χ1v) is 10.9. The van der Waals surface area contributed by atoms with Crippen LogP contribution in [0, 0.1) is 0 Å². The summed E-state index contributed by atoms with van der Waals surface area (Å²) in [6, 6.07) is 0. The minimum atomic E-state index is 1.32. The molecule has 0 nitrogen and oxygen atoms in total. The van der Waals surface area contributed by atoms with Gasteiger partial charge in [-0.1, -0.05) is 78.1 Å². The smallest absolute Gasteiger partial charge is 0.0392 e. The van der Waals surface area contributed by atoms with Crippen molar-refractivity contribution in [3.8, 4) is 0 Å². The molecule has 0 heterocycles. The lowest BCUT2D eigenvalue weighted by molar-refractivity contribution is 0.627. The molecule has 0 radical (unpaired) electrons. The van der Waals surface area contributed by atoms with E-state index in [0.717, 1.165) is 0 Å². The Hall–Kier alpha value is 0.700. The third-order valence-corrected chi connectivity index (χ3v) is 5.94. The van der Waals surface area contributed by atoms with E-state index in [1.54, 1.807) is 0 Å². The van der Waals surface area contributed by atoms with Crippen LogP contribution in [0.3, 0.4) is 0 Å². The van der Waals surface area contributed by atoms with Gasteiger partial charge in [-0.2, -0.15) is 23.5 Å². The van der Waals surface area contributed by atoms with E-state index in [0.29, 0.717) is 0 Å². The highest BCUT2D eigenvalue weighted by molar-refractivity contribution is 8.15. The van der Waals surface area contributed by atoms with E-state index in [1.165, 1.54) is 93.6 Å².